The number of anilines is 2. The van der Waals surface area contributed by atoms with Crippen molar-refractivity contribution in [2.24, 2.45) is 0 Å². The van der Waals surface area contributed by atoms with Gasteiger partial charge in [-0.15, -0.1) is 0 Å². The molecule has 6 heteroatoms. The minimum Gasteiger partial charge on any atom is -0.493 e. The first-order chi connectivity index (χ1) is 10.7. The zero-order valence-corrected chi connectivity index (χ0v) is 12.9. The maximum Gasteiger partial charge on any atom is 0.188 e. The van der Waals surface area contributed by atoms with E-state index in [1.165, 1.54) is 11.3 Å². The second kappa shape index (κ2) is 5.92. The lowest BCUT2D eigenvalue weighted by Gasteiger charge is -2.05. The summed E-state index contributed by atoms with van der Waals surface area (Å²) in [6, 6.07) is 13.2. The number of ether oxygens (including phenoxy) is 2. The van der Waals surface area contributed by atoms with E-state index in [2.05, 4.69) is 16.4 Å². The molecular formula is C16H13N3O2S. The molecule has 1 N–H and O–H groups in total. The number of nitriles is 1. The van der Waals surface area contributed by atoms with E-state index in [4.69, 9.17) is 14.7 Å². The highest BCUT2D eigenvalue weighted by Crippen LogP contribution is 2.37. The van der Waals surface area contributed by atoms with Gasteiger partial charge in [0, 0.05) is 12.1 Å². The Morgan fingerprint density at radius 1 is 1.14 bits per heavy atom. The normalized spacial score (nSPS) is 10.2. The van der Waals surface area contributed by atoms with E-state index in [0.717, 1.165) is 15.9 Å². The van der Waals surface area contributed by atoms with E-state index in [1.807, 2.05) is 30.3 Å². The van der Waals surface area contributed by atoms with Crippen molar-refractivity contribution in [1.29, 1.82) is 5.26 Å². The van der Waals surface area contributed by atoms with Crippen molar-refractivity contribution in [2.75, 3.05) is 19.5 Å². The maximum absolute atomic E-state index is 9.13. The molecule has 1 heterocycles. The largest absolute Gasteiger partial charge is 0.493 e. The van der Waals surface area contributed by atoms with Gasteiger partial charge in [0.15, 0.2) is 16.6 Å². The van der Waals surface area contributed by atoms with Crippen molar-refractivity contribution < 1.29 is 9.47 Å². The Kier molecular flexibility index (Phi) is 3.81. The van der Waals surface area contributed by atoms with E-state index < -0.39 is 0 Å². The molecule has 110 valence electrons. The molecule has 0 unspecified atom stereocenters. The number of thiazole rings is 1. The summed E-state index contributed by atoms with van der Waals surface area (Å²) in [5, 5.41) is 13.0. The summed E-state index contributed by atoms with van der Waals surface area (Å²) >= 11 is 1.49. The van der Waals surface area contributed by atoms with Crippen LogP contribution in [0.1, 0.15) is 5.56 Å². The average molecular weight is 311 g/mol. The van der Waals surface area contributed by atoms with Crippen molar-refractivity contribution in [3.8, 4) is 17.6 Å². The number of aromatic nitrogens is 1. The molecule has 0 spiro atoms. The first-order valence-corrected chi connectivity index (χ1v) is 7.35. The van der Waals surface area contributed by atoms with Gasteiger partial charge in [-0.05, 0) is 12.1 Å². The molecule has 22 heavy (non-hydrogen) atoms. The van der Waals surface area contributed by atoms with Crippen LogP contribution in [0.4, 0.5) is 10.8 Å². The van der Waals surface area contributed by atoms with Gasteiger partial charge in [-0.25, -0.2) is 4.98 Å². The number of benzene rings is 2. The average Bonchev–Trinajstić information content (AvgIpc) is 2.95. The van der Waals surface area contributed by atoms with Gasteiger partial charge in [-0.2, -0.15) is 5.26 Å². The van der Waals surface area contributed by atoms with Crippen LogP contribution < -0.4 is 14.8 Å². The topological polar surface area (TPSA) is 67.2 Å². The highest BCUT2D eigenvalue weighted by atomic mass is 32.1. The monoisotopic (exact) mass is 311 g/mol. The summed E-state index contributed by atoms with van der Waals surface area (Å²) < 4.78 is 11.6. The molecule has 0 saturated carbocycles. The molecule has 2 aromatic carbocycles. The Morgan fingerprint density at radius 3 is 2.59 bits per heavy atom. The van der Waals surface area contributed by atoms with Gasteiger partial charge in [-0.1, -0.05) is 23.5 Å². The third-order valence-corrected chi connectivity index (χ3v) is 4.12. The van der Waals surface area contributed by atoms with Crippen molar-refractivity contribution in [1.82, 2.24) is 4.98 Å². The van der Waals surface area contributed by atoms with E-state index in [-0.39, 0.29) is 0 Å². The van der Waals surface area contributed by atoms with Crippen LogP contribution in [0.15, 0.2) is 36.4 Å². The minimum atomic E-state index is 0.580. The number of nitrogens with zero attached hydrogens (tertiary/aromatic N) is 2. The zero-order valence-electron chi connectivity index (χ0n) is 12.1. The summed E-state index contributed by atoms with van der Waals surface area (Å²) in [6.45, 7) is 0. The van der Waals surface area contributed by atoms with E-state index in [0.29, 0.717) is 22.2 Å². The lowest BCUT2D eigenvalue weighted by molar-refractivity contribution is 0.356. The fourth-order valence-corrected chi connectivity index (χ4v) is 3.00. The first kappa shape index (κ1) is 14.2. The molecule has 0 fully saturated rings. The third-order valence-electron chi connectivity index (χ3n) is 3.18. The smallest absolute Gasteiger partial charge is 0.188 e. The van der Waals surface area contributed by atoms with Crippen LogP contribution in [0.2, 0.25) is 0 Å². The predicted molar refractivity (Wildman–Crippen MR) is 87.2 cm³/mol. The van der Waals surface area contributed by atoms with E-state index >= 15 is 0 Å². The standard InChI is InChI=1S/C16H13N3O2S/c1-20-13-7-12-15(8-14(13)21-2)22-16(19-12)18-11-6-4-3-5-10(11)9-17/h3-8H,1-2H3,(H,18,19). The van der Waals surface area contributed by atoms with Crippen molar-refractivity contribution in [3.05, 3.63) is 42.0 Å². The van der Waals surface area contributed by atoms with Crippen LogP contribution in [0.5, 0.6) is 11.5 Å². The quantitative estimate of drug-likeness (QED) is 0.790. The van der Waals surface area contributed by atoms with E-state index in [9.17, 15) is 0 Å². The lowest BCUT2D eigenvalue weighted by atomic mass is 10.2. The van der Waals surface area contributed by atoms with Crippen LogP contribution in [-0.4, -0.2) is 19.2 Å². The van der Waals surface area contributed by atoms with Gasteiger partial charge in [0.05, 0.1) is 35.7 Å². The Hall–Kier alpha value is -2.78. The molecule has 5 nitrogen and oxygen atoms in total. The second-order valence-electron chi connectivity index (χ2n) is 4.48. The highest BCUT2D eigenvalue weighted by Gasteiger charge is 2.11. The zero-order chi connectivity index (χ0) is 15.5. The van der Waals surface area contributed by atoms with Gasteiger partial charge < -0.3 is 14.8 Å². The number of methoxy groups -OCH3 is 2. The summed E-state index contributed by atoms with van der Waals surface area (Å²) in [4.78, 5) is 4.53. The van der Waals surface area contributed by atoms with Gasteiger partial charge >= 0.3 is 0 Å². The van der Waals surface area contributed by atoms with Gasteiger partial charge in [0.1, 0.15) is 6.07 Å². The number of nitrogens with one attached hydrogen (secondary N) is 1. The Morgan fingerprint density at radius 2 is 1.86 bits per heavy atom. The lowest BCUT2D eigenvalue weighted by Crippen LogP contribution is -1.92. The van der Waals surface area contributed by atoms with Gasteiger partial charge in [0.25, 0.3) is 0 Å². The maximum atomic E-state index is 9.13. The molecule has 0 aliphatic rings. The van der Waals surface area contributed by atoms with Crippen LogP contribution in [0, 0.1) is 11.3 Å². The van der Waals surface area contributed by atoms with Crippen LogP contribution in [-0.2, 0) is 0 Å². The Bertz CT molecular complexity index is 826. The molecule has 0 saturated heterocycles. The summed E-state index contributed by atoms with van der Waals surface area (Å²) in [6.07, 6.45) is 0. The second-order valence-corrected chi connectivity index (χ2v) is 5.51. The van der Waals surface area contributed by atoms with Crippen LogP contribution in [0.3, 0.4) is 0 Å². The third kappa shape index (κ3) is 2.54. The van der Waals surface area contributed by atoms with Gasteiger partial charge in [0.2, 0.25) is 0 Å². The molecule has 0 bridgehead atoms. The molecule has 0 amide bonds. The minimum absolute atomic E-state index is 0.580. The number of hydrogen-bond donors (Lipinski definition) is 1. The summed E-state index contributed by atoms with van der Waals surface area (Å²) in [5.41, 5.74) is 2.14. The number of para-hydroxylation sites is 1. The molecule has 3 aromatic rings. The van der Waals surface area contributed by atoms with Crippen molar-refractivity contribution in [3.63, 3.8) is 0 Å². The molecule has 0 aliphatic heterocycles. The molecule has 0 radical (unpaired) electrons. The van der Waals surface area contributed by atoms with Gasteiger partial charge in [-0.3, -0.25) is 0 Å². The molecule has 0 atom stereocenters. The summed E-state index contributed by atoms with van der Waals surface area (Å²) in [7, 11) is 3.20. The Balaban J connectivity index is 2.00. The summed E-state index contributed by atoms with van der Waals surface area (Å²) in [5.74, 6) is 1.31. The number of rotatable bonds is 4. The fraction of sp³-hybridized carbons (Fsp3) is 0.125. The van der Waals surface area contributed by atoms with Crippen LogP contribution >= 0.6 is 11.3 Å². The Labute approximate surface area is 131 Å². The predicted octanol–water partition coefficient (Wildman–Crippen LogP) is 3.93. The van der Waals surface area contributed by atoms with Crippen molar-refractivity contribution >= 4 is 32.4 Å². The number of fused-ring (bicyclic) bond motifs is 1. The molecule has 1 aromatic heterocycles. The highest BCUT2D eigenvalue weighted by molar-refractivity contribution is 7.22. The van der Waals surface area contributed by atoms with E-state index in [1.54, 1.807) is 20.3 Å². The number of hydrogen-bond acceptors (Lipinski definition) is 6. The van der Waals surface area contributed by atoms with Crippen LogP contribution in [0.25, 0.3) is 10.2 Å². The SMILES string of the molecule is COc1cc2nc(Nc3ccccc3C#N)sc2cc1OC. The first-order valence-electron chi connectivity index (χ1n) is 6.54. The molecular weight excluding hydrogens is 298 g/mol. The fourth-order valence-electron chi connectivity index (χ4n) is 2.11. The van der Waals surface area contributed by atoms with Crippen molar-refractivity contribution in [2.45, 2.75) is 0 Å². The molecule has 0 aliphatic carbocycles. The molecule has 3 rings (SSSR count).